The van der Waals surface area contributed by atoms with Gasteiger partial charge in [-0.1, -0.05) is 6.07 Å². The molecular weight excluding hydrogens is 186 g/mol. The maximum Gasteiger partial charge on any atom is 0.119 e. The van der Waals surface area contributed by atoms with Crippen molar-refractivity contribution in [2.45, 2.75) is 39.2 Å². The third-order valence-electron chi connectivity index (χ3n) is 2.59. The molecule has 0 aliphatic carbocycles. The lowest BCUT2D eigenvalue weighted by Gasteiger charge is -2.18. The molecule has 0 bridgehead atoms. The third-order valence-corrected chi connectivity index (χ3v) is 2.59. The van der Waals surface area contributed by atoms with Gasteiger partial charge in [-0.25, -0.2) is 0 Å². The molecule has 1 rings (SSSR count). The SMILES string of the molecule is COc1ccc(CCC(C)(C)N)c(C)c1. The fraction of sp³-hybridized carbons (Fsp3) is 0.538. The first-order valence-electron chi connectivity index (χ1n) is 5.35. The summed E-state index contributed by atoms with van der Waals surface area (Å²) < 4.78 is 5.17. The number of benzene rings is 1. The molecule has 0 spiro atoms. The number of hydrogen-bond donors (Lipinski definition) is 1. The van der Waals surface area contributed by atoms with Crippen molar-refractivity contribution in [3.63, 3.8) is 0 Å². The first kappa shape index (κ1) is 12.1. The summed E-state index contributed by atoms with van der Waals surface area (Å²) in [6.07, 6.45) is 2.03. The van der Waals surface area contributed by atoms with Gasteiger partial charge in [0.05, 0.1) is 7.11 Å². The molecule has 0 aliphatic rings. The van der Waals surface area contributed by atoms with E-state index in [4.69, 9.17) is 10.5 Å². The highest BCUT2D eigenvalue weighted by molar-refractivity contribution is 5.34. The monoisotopic (exact) mass is 207 g/mol. The first-order chi connectivity index (χ1) is 6.92. The van der Waals surface area contributed by atoms with Crippen LogP contribution < -0.4 is 10.5 Å². The lowest BCUT2D eigenvalue weighted by atomic mass is 9.94. The van der Waals surface area contributed by atoms with E-state index in [9.17, 15) is 0 Å². The summed E-state index contributed by atoms with van der Waals surface area (Å²) in [5.74, 6) is 0.920. The Balaban J connectivity index is 2.70. The van der Waals surface area contributed by atoms with Crippen LogP contribution in [0.15, 0.2) is 18.2 Å². The van der Waals surface area contributed by atoms with Crippen molar-refractivity contribution < 1.29 is 4.74 Å². The van der Waals surface area contributed by atoms with Crippen molar-refractivity contribution in [3.8, 4) is 5.75 Å². The van der Waals surface area contributed by atoms with Crippen molar-refractivity contribution in [1.82, 2.24) is 0 Å². The zero-order valence-corrected chi connectivity index (χ0v) is 10.1. The molecule has 0 heterocycles. The van der Waals surface area contributed by atoms with Gasteiger partial charge in [-0.2, -0.15) is 0 Å². The van der Waals surface area contributed by atoms with E-state index in [2.05, 4.69) is 32.9 Å². The van der Waals surface area contributed by atoms with Crippen LogP contribution in [0.25, 0.3) is 0 Å². The van der Waals surface area contributed by atoms with E-state index in [-0.39, 0.29) is 5.54 Å². The van der Waals surface area contributed by atoms with Gasteiger partial charge in [-0.05, 0) is 56.9 Å². The zero-order valence-electron chi connectivity index (χ0n) is 10.1. The Labute approximate surface area is 92.4 Å². The van der Waals surface area contributed by atoms with Gasteiger partial charge < -0.3 is 10.5 Å². The minimum atomic E-state index is -0.0909. The van der Waals surface area contributed by atoms with Crippen LogP contribution in [0.1, 0.15) is 31.4 Å². The topological polar surface area (TPSA) is 35.2 Å². The number of rotatable bonds is 4. The van der Waals surface area contributed by atoms with E-state index in [1.54, 1.807) is 7.11 Å². The number of ether oxygens (including phenoxy) is 1. The van der Waals surface area contributed by atoms with Crippen molar-refractivity contribution in [1.29, 1.82) is 0 Å². The van der Waals surface area contributed by atoms with E-state index in [0.717, 1.165) is 18.6 Å². The molecule has 0 saturated carbocycles. The van der Waals surface area contributed by atoms with Crippen LogP contribution in [0.2, 0.25) is 0 Å². The van der Waals surface area contributed by atoms with Gasteiger partial charge in [0.25, 0.3) is 0 Å². The molecule has 1 aromatic rings. The molecule has 0 atom stereocenters. The Hall–Kier alpha value is -1.02. The van der Waals surface area contributed by atoms with Crippen molar-refractivity contribution in [3.05, 3.63) is 29.3 Å². The van der Waals surface area contributed by atoms with E-state index in [1.165, 1.54) is 11.1 Å². The van der Waals surface area contributed by atoms with Gasteiger partial charge in [0.15, 0.2) is 0 Å². The summed E-state index contributed by atoms with van der Waals surface area (Å²) in [6.45, 7) is 6.24. The molecule has 0 amide bonds. The zero-order chi connectivity index (χ0) is 11.5. The highest BCUT2D eigenvalue weighted by atomic mass is 16.5. The largest absolute Gasteiger partial charge is 0.497 e. The number of nitrogens with two attached hydrogens (primary N) is 1. The Morgan fingerprint density at radius 3 is 2.47 bits per heavy atom. The van der Waals surface area contributed by atoms with Crippen molar-refractivity contribution in [2.24, 2.45) is 5.73 Å². The van der Waals surface area contributed by atoms with E-state index >= 15 is 0 Å². The summed E-state index contributed by atoms with van der Waals surface area (Å²) in [5.41, 5.74) is 8.51. The number of aryl methyl sites for hydroxylation is 2. The maximum atomic E-state index is 5.96. The first-order valence-corrected chi connectivity index (χ1v) is 5.35. The van der Waals surface area contributed by atoms with Crippen LogP contribution in [0, 0.1) is 6.92 Å². The molecule has 0 unspecified atom stereocenters. The van der Waals surface area contributed by atoms with Gasteiger partial charge in [0.2, 0.25) is 0 Å². The second-order valence-electron chi connectivity index (χ2n) is 4.78. The summed E-state index contributed by atoms with van der Waals surface area (Å²) in [6, 6.07) is 6.20. The Kier molecular flexibility index (Phi) is 3.75. The summed E-state index contributed by atoms with van der Waals surface area (Å²) in [5, 5.41) is 0. The normalized spacial score (nSPS) is 11.5. The smallest absolute Gasteiger partial charge is 0.119 e. The van der Waals surface area contributed by atoms with Crippen molar-refractivity contribution >= 4 is 0 Å². The second-order valence-corrected chi connectivity index (χ2v) is 4.78. The molecule has 0 radical (unpaired) electrons. The molecule has 84 valence electrons. The Bertz CT molecular complexity index is 326. The predicted molar refractivity (Wildman–Crippen MR) is 64.3 cm³/mol. The quantitative estimate of drug-likeness (QED) is 0.823. The van der Waals surface area contributed by atoms with Crippen LogP contribution in [0.4, 0.5) is 0 Å². The lowest BCUT2D eigenvalue weighted by Crippen LogP contribution is -2.32. The van der Waals surface area contributed by atoms with Gasteiger partial charge in [0, 0.05) is 5.54 Å². The molecule has 0 aliphatic heterocycles. The minimum Gasteiger partial charge on any atom is -0.497 e. The van der Waals surface area contributed by atoms with Crippen LogP contribution in [0.5, 0.6) is 5.75 Å². The summed E-state index contributed by atoms with van der Waals surface area (Å²) in [4.78, 5) is 0. The Morgan fingerprint density at radius 1 is 1.33 bits per heavy atom. The van der Waals surface area contributed by atoms with Crippen LogP contribution in [-0.4, -0.2) is 12.6 Å². The standard InChI is InChI=1S/C13H21NO/c1-10-9-12(15-4)6-5-11(10)7-8-13(2,3)14/h5-6,9H,7-8,14H2,1-4H3. The molecule has 2 N–H and O–H groups in total. The maximum absolute atomic E-state index is 5.96. The van der Waals surface area contributed by atoms with Gasteiger partial charge in [0.1, 0.15) is 5.75 Å². The fourth-order valence-electron chi connectivity index (χ4n) is 1.53. The predicted octanol–water partition coefficient (Wildman–Crippen LogP) is 2.67. The highest BCUT2D eigenvalue weighted by Crippen LogP contribution is 2.19. The van der Waals surface area contributed by atoms with E-state index in [1.807, 2.05) is 6.07 Å². The van der Waals surface area contributed by atoms with Gasteiger partial charge in [-0.3, -0.25) is 0 Å². The third kappa shape index (κ3) is 3.92. The van der Waals surface area contributed by atoms with Crippen LogP contribution in [0.3, 0.4) is 0 Å². The van der Waals surface area contributed by atoms with E-state index in [0.29, 0.717) is 0 Å². The average Bonchev–Trinajstić information content (AvgIpc) is 2.14. The van der Waals surface area contributed by atoms with Gasteiger partial charge in [-0.15, -0.1) is 0 Å². The molecule has 0 aromatic heterocycles. The molecule has 0 fully saturated rings. The molecular formula is C13H21NO. The van der Waals surface area contributed by atoms with Gasteiger partial charge >= 0.3 is 0 Å². The molecule has 15 heavy (non-hydrogen) atoms. The number of hydrogen-bond acceptors (Lipinski definition) is 2. The van der Waals surface area contributed by atoms with Crippen molar-refractivity contribution in [2.75, 3.05) is 7.11 Å². The molecule has 0 saturated heterocycles. The van der Waals surface area contributed by atoms with E-state index < -0.39 is 0 Å². The Morgan fingerprint density at radius 2 is 2.00 bits per heavy atom. The minimum absolute atomic E-state index is 0.0909. The van der Waals surface area contributed by atoms with Crippen LogP contribution >= 0.6 is 0 Å². The fourth-order valence-corrected chi connectivity index (χ4v) is 1.53. The second kappa shape index (κ2) is 4.67. The molecule has 2 nitrogen and oxygen atoms in total. The average molecular weight is 207 g/mol. The molecule has 1 aromatic carbocycles. The highest BCUT2D eigenvalue weighted by Gasteiger charge is 2.11. The summed E-state index contributed by atoms with van der Waals surface area (Å²) >= 11 is 0. The lowest BCUT2D eigenvalue weighted by molar-refractivity contribution is 0.414. The summed E-state index contributed by atoms with van der Waals surface area (Å²) in [7, 11) is 1.69. The molecule has 2 heteroatoms. The number of methoxy groups -OCH3 is 1. The van der Waals surface area contributed by atoms with Crippen LogP contribution in [-0.2, 0) is 6.42 Å².